The molecule has 0 unspecified atom stereocenters. The number of aryl methyl sites for hydroxylation is 8. The molecule has 0 spiro atoms. The quantitative estimate of drug-likeness (QED) is 0.0810. The van der Waals surface area contributed by atoms with Gasteiger partial charge in [0.2, 0.25) is 0 Å². The summed E-state index contributed by atoms with van der Waals surface area (Å²) in [4.78, 5) is 71.2. The van der Waals surface area contributed by atoms with Crippen molar-refractivity contribution in [2.24, 2.45) is 9.98 Å². The third-order valence-corrected chi connectivity index (χ3v) is 12.7. The molecule has 17 heteroatoms. The minimum Gasteiger partial charge on any atom is -0.660 e. The summed E-state index contributed by atoms with van der Waals surface area (Å²) >= 11 is 0. The van der Waals surface area contributed by atoms with E-state index in [0.717, 1.165) is 77.9 Å². The van der Waals surface area contributed by atoms with Crippen LogP contribution in [0.2, 0.25) is 0 Å². The summed E-state index contributed by atoms with van der Waals surface area (Å²) in [6, 6.07) is 8.49. The first-order valence-corrected chi connectivity index (χ1v) is 23.6. The number of hydrogen-bond acceptors (Lipinski definition) is 10. The van der Waals surface area contributed by atoms with E-state index in [1.54, 1.807) is 0 Å². The number of rotatable bonds is 16. The summed E-state index contributed by atoms with van der Waals surface area (Å²) in [6.07, 6.45) is 0. The zero-order chi connectivity index (χ0) is 53.5. The van der Waals surface area contributed by atoms with Crippen LogP contribution in [-0.2, 0) is 45.3 Å². The van der Waals surface area contributed by atoms with Crippen LogP contribution in [0, 0.1) is 69.2 Å². The standard InChI is InChI=1S/2C28H36N4O4.Co/c2*1-14-10-15(2)21(16(3)11-14)24(25-17(4)22(19(6)31-25)27(33)29-12-35-8)26-18(5)23(20(7)32-26)28(34)30-13-36-9;/h2*10-11H,12-13H2,1-9H3,(H3,29,30,31,32,33,34);/q;;+2/p-2. The summed E-state index contributed by atoms with van der Waals surface area (Å²) in [6.45, 7) is 27.7. The molecule has 4 heterocycles. The first-order valence-electron chi connectivity index (χ1n) is 23.6. The maximum absolute atomic E-state index is 12.9. The molecule has 0 fully saturated rings. The maximum Gasteiger partial charge on any atom is 2.00 e. The molecule has 2 aromatic carbocycles. The summed E-state index contributed by atoms with van der Waals surface area (Å²) in [7, 11) is 6.10. The number of carbonyl (C=O) groups is 4. The molecule has 4 aromatic rings. The number of benzene rings is 2. The van der Waals surface area contributed by atoms with Gasteiger partial charge in [0.1, 0.15) is 26.9 Å². The monoisotopic (exact) mass is 1040 g/mol. The van der Waals surface area contributed by atoms with E-state index in [-0.39, 0.29) is 67.3 Å². The SMILES string of the molecule is COCNC(=O)C1=C(C)/C(=C(/c2[n-]c(C)c(C(=O)NCOC)c2C)c2c(C)cc(C)cc2C)N=C1C.COCNC(=O)C1=C(C)/C(=C(/c2[n-]c(C)c(C(=O)NCOC)c2C)c2c(C)cc(C)cc2C)N=C1C.[Co+2]. The Morgan fingerprint density at radius 2 is 0.712 bits per heavy atom. The van der Waals surface area contributed by atoms with Crippen molar-refractivity contribution >= 4 is 46.2 Å². The van der Waals surface area contributed by atoms with Gasteiger partial charge < -0.3 is 50.2 Å². The van der Waals surface area contributed by atoms with Crippen LogP contribution in [0.4, 0.5) is 0 Å². The van der Waals surface area contributed by atoms with Gasteiger partial charge in [-0.1, -0.05) is 60.4 Å². The number of hydrogen-bond donors (Lipinski definition) is 4. The molecule has 16 nitrogen and oxygen atoms in total. The fourth-order valence-corrected chi connectivity index (χ4v) is 9.85. The van der Waals surface area contributed by atoms with E-state index in [9.17, 15) is 19.2 Å². The van der Waals surface area contributed by atoms with E-state index >= 15 is 0 Å². The molecule has 0 atom stereocenters. The predicted octanol–water partition coefficient (Wildman–Crippen LogP) is 7.58. The van der Waals surface area contributed by atoms with Gasteiger partial charge in [-0.3, -0.25) is 29.2 Å². The molecule has 2 aromatic heterocycles. The zero-order valence-corrected chi connectivity index (χ0v) is 46.6. The van der Waals surface area contributed by atoms with Crippen LogP contribution in [0.1, 0.15) is 127 Å². The van der Waals surface area contributed by atoms with E-state index in [1.165, 1.54) is 28.4 Å². The second-order valence-corrected chi connectivity index (χ2v) is 18.2. The van der Waals surface area contributed by atoms with E-state index in [2.05, 4.69) is 87.1 Å². The molecular weight excluding hydrogens is 972 g/mol. The van der Waals surface area contributed by atoms with Crippen LogP contribution in [-0.4, -0.2) is 90.4 Å². The van der Waals surface area contributed by atoms with Crippen molar-refractivity contribution in [3.8, 4) is 0 Å². The van der Waals surface area contributed by atoms with Gasteiger partial charge in [0.25, 0.3) is 23.6 Å². The van der Waals surface area contributed by atoms with Gasteiger partial charge in [0.05, 0.1) is 34.0 Å². The van der Waals surface area contributed by atoms with E-state index < -0.39 is 0 Å². The molecule has 2 aliphatic rings. The maximum atomic E-state index is 12.9. The Kier molecular flexibility index (Phi) is 20.6. The Bertz CT molecular complexity index is 2790. The molecule has 0 saturated carbocycles. The van der Waals surface area contributed by atoms with Crippen molar-refractivity contribution in [2.45, 2.75) is 96.9 Å². The van der Waals surface area contributed by atoms with Crippen LogP contribution < -0.4 is 31.2 Å². The molecule has 391 valence electrons. The number of nitrogens with one attached hydrogen (secondary N) is 4. The van der Waals surface area contributed by atoms with Crippen molar-refractivity contribution in [1.29, 1.82) is 0 Å². The van der Waals surface area contributed by atoms with E-state index in [1.807, 2.05) is 55.4 Å². The Labute approximate surface area is 440 Å². The molecule has 0 bridgehead atoms. The predicted molar refractivity (Wildman–Crippen MR) is 282 cm³/mol. The minimum atomic E-state index is -0.245. The van der Waals surface area contributed by atoms with Gasteiger partial charge in [-0.15, -0.1) is 22.8 Å². The molecule has 2 aliphatic heterocycles. The number of aliphatic imine (C=N–C) groups is 2. The van der Waals surface area contributed by atoms with Crippen molar-refractivity contribution in [1.82, 2.24) is 31.2 Å². The largest absolute Gasteiger partial charge is 2.00 e. The Hall–Kier alpha value is -6.47. The number of allylic oxidation sites excluding steroid dienone is 2. The third-order valence-electron chi connectivity index (χ3n) is 12.7. The van der Waals surface area contributed by atoms with E-state index in [0.29, 0.717) is 67.9 Å². The Morgan fingerprint density at radius 1 is 0.438 bits per heavy atom. The van der Waals surface area contributed by atoms with Crippen LogP contribution in [0.3, 0.4) is 0 Å². The van der Waals surface area contributed by atoms with Crippen LogP contribution >= 0.6 is 0 Å². The van der Waals surface area contributed by atoms with Crippen molar-refractivity contribution in [3.05, 3.63) is 147 Å². The fraction of sp³-hybridized carbons (Fsp3) is 0.393. The number of ether oxygens (including phenoxy) is 4. The molecule has 0 saturated heterocycles. The number of carbonyl (C=O) groups excluding carboxylic acids is 4. The molecule has 4 amide bonds. The van der Waals surface area contributed by atoms with Gasteiger partial charge in [0.15, 0.2) is 0 Å². The first kappa shape index (κ1) is 59.1. The summed E-state index contributed by atoms with van der Waals surface area (Å²) in [5, 5.41) is 11.0. The van der Waals surface area contributed by atoms with Crippen molar-refractivity contribution in [2.75, 3.05) is 55.4 Å². The van der Waals surface area contributed by atoms with E-state index in [4.69, 9.17) is 38.9 Å². The third kappa shape index (κ3) is 12.5. The molecule has 73 heavy (non-hydrogen) atoms. The summed E-state index contributed by atoms with van der Waals surface area (Å²) in [5.74, 6) is -0.980. The number of nitrogens with zero attached hydrogens (tertiary/aromatic N) is 4. The smallest absolute Gasteiger partial charge is 0.660 e. The molecular formula is C56H70CoN8O8. The van der Waals surface area contributed by atoms with Crippen molar-refractivity contribution in [3.63, 3.8) is 0 Å². The van der Waals surface area contributed by atoms with Gasteiger partial charge in [-0.25, -0.2) is 0 Å². The Morgan fingerprint density at radius 3 is 0.986 bits per heavy atom. The van der Waals surface area contributed by atoms with Gasteiger partial charge in [-0.2, -0.15) is 0 Å². The van der Waals surface area contributed by atoms with Crippen LogP contribution in [0.15, 0.2) is 67.9 Å². The molecule has 1 radical (unpaired) electrons. The summed E-state index contributed by atoms with van der Waals surface area (Å²) < 4.78 is 20.1. The van der Waals surface area contributed by atoms with Crippen LogP contribution in [0.5, 0.6) is 0 Å². The van der Waals surface area contributed by atoms with Gasteiger partial charge in [0, 0.05) is 39.6 Å². The van der Waals surface area contributed by atoms with Crippen molar-refractivity contribution < 1.29 is 54.9 Å². The normalized spacial score (nSPS) is 14.5. The Balaban J connectivity index is 0.000000312. The second kappa shape index (κ2) is 25.5. The number of amides is 4. The molecule has 4 N–H and O–H groups in total. The van der Waals surface area contributed by atoms with Gasteiger partial charge in [-0.05, 0) is 139 Å². The minimum absolute atomic E-state index is 0. The molecule has 6 rings (SSSR count). The zero-order valence-electron chi connectivity index (χ0n) is 45.5. The summed E-state index contributed by atoms with van der Waals surface area (Å²) in [5.41, 5.74) is 20.4. The fourth-order valence-electron chi connectivity index (χ4n) is 9.85. The second-order valence-electron chi connectivity index (χ2n) is 18.2. The van der Waals surface area contributed by atoms with Crippen LogP contribution in [0.25, 0.3) is 11.1 Å². The number of methoxy groups -OCH3 is 4. The average molecular weight is 1040 g/mol. The molecule has 0 aliphatic carbocycles. The first-order chi connectivity index (χ1) is 34.1. The topological polar surface area (TPSA) is 206 Å². The average Bonchev–Trinajstić information content (AvgIpc) is 3.99. The number of aromatic nitrogens is 2. The van der Waals surface area contributed by atoms with Gasteiger partial charge >= 0.3 is 16.8 Å².